The van der Waals surface area contributed by atoms with Crippen molar-refractivity contribution in [3.8, 4) is 0 Å². The maximum absolute atomic E-state index is 13.0. The molecule has 13 heavy (non-hydrogen) atoms. The van der Waals surface area contributed by atoms with Gasteiger partial charge in [0.2, 0.25) is 0 Å². The van der Waals surface area contributed by atoms with Gasteiger partial charge in [-0.25, -0.2) is 4.39 Å². The molecule has 74 valence electrons. The molecule has 1 aliphatic heterocycles. The van der Waals surface area contributed by atoms with Gasteiger partial charge < -0.3 is 14.6 Å². The van der Waals surface area contributed by atoms with Crippen molar-refractivity contribution in [2.75, 3.05) is 0 Å². The monoisotopic (exact) mass is 188 g/mol. The number of hydrogen-bond donors (Lipinski definition) is 1. The van der Waals surface area contributed by atoms with Gasteiger partial charge in [0.15, 0.2) is 5.79 Å². The summed E-state index contributed by atoms with van der Waals surface area (Å²) in [6.07, 6.45) is -0.435. The van der Waals surface area contributed by atoms with Crippen molar-refractivity contribution in [1.29, 1.82) is 0 Å². The first-order valence-corrected chi connectivity index (χ1v) is 4.36. The zero-order chi connectivity index (χ0) is 9.64. The lowest BCUT2D eigenvalue weighted by Gasteiger charge is -2.25. The third-order valence-corrected chi connectivity index (χ3v) is 2.31. The van der Waals surface area contributed by atoms with Crippen LogP contribution in [0, 0.1) is 0 Å². The Balaban J connectivity index is 2.19. The summed E-state index contributed by atoms with van der Waals surface area (Å²) in [6, 6.07) is 0. The Kier molecular flexibility index (Phi) is 1.94. The highest BCUT2D eigenvalue weighted by molar-refractivity contribution is 5.11. The maximum Gasteiger partial charge on any atom is 0.164 e. The largest absolute Gasteiger partial charge is 0.387 e. The van der Waals surface area contributed by atoms with Crippen LogP contribution in [0.1, 0.15) is 13.8 Å². The van der Waals surface area contributed by atoms with Gasteiger partial charge in [0.1, 0.15) is 24.5 Å². The van der Waals surface area contributed by atoms with Crippen LogP contribution < -0.4 is 0 Å². The van der Waals surface area contributed by atoms with Gasteiger partial charge >= 0.3 is 0 Å². The molecule has 1 fully saturated rings. The van der Waals surface area contributed by atoms with E-state index < -0.39 is 24.2 Å². The second-order valence-electron chi connectivity index (χ2n) is 3.88. The standard InChI is InChI=1S/C9H13FO3/c1-9(2)12-6-4-3-5(10)7(11)8(6)13-9/h3-8,11H,1-2H3/t5-,6+,7+,8+/m0/s1. The van der Waals surface area contributed by atoms with Gasteiger partial charge in [-0.1, -0.05) is 6.08 Å². The van der Waals surface area contributed by atoms with Crippen molar-refractivity contribution in [3.63, 3.8) is 0 Å². The number of aliphatic hydroxyl groups is 1. The summed E-state index contributed by atoms with van der Waals surface area (Å²) in [7, 11) is 0. The van der Waals surface area contributed by atoms with E-state index in [0.717, 1.165) is 0 Å². The van der Waals surface area contributed by atoms with E-state index in [0.29, 0.717) is 0 Å². The van der Waals surface area contributed by atoms with Crippen LogP contribution in [0.25, 0.3) is 0 Å². The van der Waals surface area contributed by atoms with Crippen molar-refractivity contribution in [2.24, 2.45) is 0 Å². The minimum atomic E-state index is -1.35. The Labute approximate surface area is 76.1 Å². The van der Waals surface area contributed by atoms with E-state index in [1.165, 1.54) is 6.08 Å². The van der Waals surface area contributed by atoms with E-state index in [-0.39, 0.29) is 6.10 Å². The first kappa shape index (κ1) is 9.12. The molecule has 3 nitrogen and oxygen atoms in total. The number of rotatable bonds is 0. The molecule has 1 N–H and O–H groups in total. The molecule has 4 atom stereocenters. The third-order valence-electron chi connectivity index (χ3n) is 2.31. The zero-order valence-corrected chi connectivity index (χ0v) is 7.61. The molecule has 1 aliphatic carbocycles. The number of hydrogen-bond acceptors (Lipinski definition) is 3. The lowest BCUT2D eigenvalue weighted by molar-refractivity contribution is -0.155. The number of ether oxygens (including phenoxy) is 2. The van der Waals surface area contributed by atoms with Crippen LogP contribution in [0.15, 0.2) is 12.2 Å². The molecule has 0 aromatic heterocycles. The highest BCUT2D eigenvalue weighted by atomic mass is 19.1. The minimum absolute atomic E-state index is 0.322. The van der Waals surface area contributed by atoms with E-state index in [4.69, 9.17) is 9.47 Å². The maximum atomic E-state index is 13.0. The van der Waals surface area contributed by atoms with Crippen LogP contribution in [-0.2, 0) is 9.47 Å². The van der Waals surface area contributed by atoms with Crippen LogP contribution in [0.3, 0.4) is 0 Å². The Morgan fingerprint density at radius 3 is 2.69 bits per heavy atom. The number of fused-ring (bicyclic) bond motifs is 1. The quantitative estimate of drug-likeness (QED) is 0.571. The molecule has 0 bridgehead atoms. The highest BCUT2D eigenvalue weighted by Crippen LogP contribution is 2.34. The van der Waals surface area contributed by atoms with Crippen LogP contribution >= 0.6 is 0 Å². The van der Waals surface area contributed by atoms with E-state index in [1.807, 2.05) is 0 Å². The lowest BCUT2D eigenvalue weighted by atomic mass is 9.97. The summed E-state index contributed by atoms with van der Waals surface area (Å²) in [6.45, 7) is 3.50. The lowest BCUT2D eigenvalue weighted by Crippen LogP contribution is -2.43. The number of alkyl halides is 1. The first-order chi connectivity index (χ1) is 5.99. The minimum Gasteiger partial charge on any atom is -0.387 e. The van der Waals surface area contributed by atoms with Gasteiger partial charge in [-0.2, -0.15) is 0 Å². The average Bonchev–Trinajstić information content (AvgIpc) is 2.34. The SMILES string of the molecule is CC1(C)O[C@H]2[C@H](O)[C@@H](F)C=C[C@H]2O1. The summed E-state index contributed by atoms with van der Waals surface area (Å²) >= 11 is 0. The van der Waals surface area contributed by atoms with E-state index >= 15 is 0 Å². The molecule has 0 amide bonds. The summed E-state index contributed by atoms with van der Waals surface area (Å²) in [4.78, 5) is 0. The molecule has 2 rings (SSSR count). The molecule has 2 aliphatic rings. The van der Waals surface area contributed by atoms with Crippen LogP contribution in [0.2, 0.25) is 0 Å². The normalized spacial score (nSPS) is 47.7. The fraction of sp³-hybridized carbons (Fsp3) is 0.778. The molecule has 1 saturated heterocycles. The van der Waals surface area contributed by atoms with Crippen molar-refractivity contribution < 1.29 is 19.0 Å². The summed E-state index contributed by atoms with van der Waals surface area (Å²) in [5.74, 6) is -0.731. The number of halogens is 1. The van der Waals surface area contributed by atoms with Gasteiger partial charge in [0.05, 0.1) is 0 Å². The molecule has 0 saturated carbocycles. The topological polar surface area (TPSA) is 38.7 Å². The van der Waals surface area contributed by atoms with Crippen LogP contribution in [0.5, 0.6) is 0 Å². The first-order valence-electron chi connectivity index (χ1n) is 4.36. The molecule has 0 radical (unpaired) electrons. The molecule has 1 heterocycles. The third kappa shape index (κ3) is 1.49. The average molecular weight is 188 g/mol. The summed E-state index contributed by atoms with van der Waals surface area (Å²) in [5, 5.41) is 9.45. The van der Waals surface area contributed by atoms with Crippen LogP contribution in [-0.4, -0.2) is 35.4 Å². The van der Waals surface area contributed by atoms with Gasteiger partial charge in [0, 0.05) is 0 Å². The predicted octanol–water partition coefficient (Wildman–Crippen LogP) is 0.775. The molecule has 0 spiro atoms. The van der Waals surface area contributed by atoms with Gasteiger partial charge in [-0.15, -0.1) is 0 Å². The van der Waals surface area contributed by atoms with E-state index in [2.05, 4.69) is 0 Å². The molecule has 0 unspecified atom stereocenters. The van der Waals surface area contributed by atoms with E-state index in [9.17, 15) is 9.50 Å². The summed E-state index contributed by atoms with van der Waals surface area (Å²) < 4.78 is 23.8. The second-order valence-corrected chi connectivity index (χ2v) is 3.88. The second kappa shape index (κ2) is 2.77. The van der Waals surface area contributed by atoms with Crippen molar-refractivity contribution >= 4 is 0 Å². The zero-order valence-electron chi connectivity index (χ0n) is 7.61. The fourth-order valence-corrected chi connectivity index (χ4v) is 1.74. The fourth-order valence-electron chi connectivity index (χ4n) is 1.74. The van der Waals surface area contributed by atoms with Crippen LogP contribution in [0.4, 0.5) is 4.39 Å². The molecule has 4 heteroatoms. The van der Waals surface area contributed by atoms with Crippen molar-refractivity contribution in [2.45, 2.75) is 44.1 Å². The number of aliphatic hydroxyl groups excluding tert-OH is 1. The van der Waals surface area contributed by atoms with Gasteiger partial charge in [-0.3, -0.25) is 0 Å². The smallest absolute Gasteiger partial charge is 0.164 e. The molecular weight excluding hydrogens is 175 g/mol. The Morgan fingerprint density at radius 1 is 1.31 bits per heavy atom. The molecular formula is C9H13FO3. The molecule has 0 aromatic rings. The Hall–Kier alpha value is -0.450. The Bertz CT molecular complexity index is 239. The predicted molar refractivity (Wildman–Crippen MR) is 43.9 cm³/mol. The Morgan fingerprint density at radius 2 is 2.00 bits per heavy atom. The van der Waals surface area contributed by atoms with Gasteiger partial charge in [0.25, 0.3) is 0 Å². The van der Waals surface area contributed by atoms with Gasteiger partial charge in [-0.05, 0) is 19.9 Å². The van der Waals surface area contributed by atoms with Crippen molar-refractivity contribution in [1.82, 2.24) is 0 Å². The molecule has 0 aromatic carbocycles. The highest BCUT2D eigenvalue weighted by Gasteiger charge is 2.47. The van der Waals surface area contributed by atoms with E-state index in [1.54, 1.807) is 19.9 Å². The van der Waals surface area contributed by atoms with Crippen molar-refractivity contribution in [3.05, 3.63) is 12.2 Å². The summed E-state index contributed by atoms with van der Waals surface area (Å²) in [5.41, 5.74) is 0.